The number of hydrogen-bond acceptors (Lipinski definition) is 5. The van der Waals surface area contributed by atoms with E-state index >= 15 is 0 Å². The summed E-state index contributed by atoms with van der Waals surface area (Å²) < 4.78 is 10.8. The number of rotatable bonds is 3. The number of nitrogens with zero attached hydrogens (tertiary/aromatic N) is 3. The second-order valence-corrected chi connectivity index (χ2v) is 6.61. The van der Waals surface area contributed by atoms with Crippen LogP contribution in [0.1, 0.15) is 35.5 Å². The molecule has 2 aliphatic heterocycles. The van der Waals surface area contributed by atoms with E-state index in [-0.39, 0.29) is 23.7 Å². The van der Waals surface area contributed by atoms with Crippen LogP contribution in [-0.4, -0.2) is 47.3 Å². The number of benzene rings is 1. The van der Waals surface area contributed by atoms with Gasteiger partial charge in [0.05, 0.1) is 18.4 Å². The topological polar surface area (TPSA) is 68.5 Å². The lowest BCUT2D eigenvalue weighted by atomic mass is 9.89. The number of carbonyl (C=O) groups excluding carboxylic acids is 1. The summed E-state index contributed by atoms with van der Waals surface area (Å²) in [5, 5.41) is 3.93. The molecule has 2 saturated heterocycles. The molecule has 24 heavy (non-hydrogen) atoms. The summed E-state index contributed by atoms with van der Waals surface area (Å²) >= 11 is 0. The van der Waals surface area contributed by atoms with Gasteiger partial charge >= 0.3 is 0 Å². The molecule has 1 aromatic heterocycles. The quantitative estimate of drug-likeness (QED) is 0.864. The number of carbonyl (C=O) groups is 1. The van der Waals surface area contributed by atoms with Gasteiger partial charge in [0, 0.05) is 25.6 Å². The van der Waals surface area contributed by atoms with Gasteiger partial charge in [0.25, 0.3) is 0 Å². The minimum Gasteiger partial charge on any atom is -0.381 e. The van der Waals surface area contributed by atoms with Crippen LogP contribution in [0.25, 0.3) is 0 Å². The van der Waals surface area contributed by atoms with E-state index in [0.29, 0.717) is 38.0 Å². The Kier molecular flexibility index (Phi) is 4.06. The number of aromatic nitrogens is 2. The van der Waals surface area contributed by atoms with Crippen molar-refractivity contribution in [3.8, 4) is 0 Å². The average Bonchev–Trinajstić information content (AvgIpc) is 3.35. The molecule has 6 nitrogen and oxygen atoms in total. The smallest absolute Gasteiger partial charge is 0.232 e. The zero-order valence-electron chi connectivity index (χ0n) is 13.7. The summed E-state index contributed by atoms with van der Waals surface area (Å²) in [6, 6.07) is 10.3. The van der Waals surface area contributed by atoms with Crippen LogP contribution < -0.4 is 0 Å². The molecule has 6 heteroatoms. The summed E-state index contributed by atoms with van der Waals surface area (Å²) in [7, 11) is 0. The van der Waals surface area contributed by atoms with Crippen LogP contribution in [0.3, 0.4) is 0 Å². The number of hydrogen-bond donors (Lipinski definition) is 0. The van der Waals surface area contributed by atoms with Crippen molar-refractivity contribution in [1.29, 1.82) is 0 Å². The van der Waals surface area contributed by atoms with Crippen molar-refractivity contribution in [1.82, 2.24) is 15.0 Å². The van der Waals surface area contributed by atoms with Gasteiger partial charge in [-0.2, -0.15) is 4.98 Å². The molecule has 126 valence electrons. The molecule has 2 fully saturated rings. The van der Waals surface area contributed by atoms with Crippen molar-refractivity contribution in [2.75, 3.05) is 26.3 Å². The molecule has 1 amide bonds. The van der Waals surface area contributed by atoms with Crippen LogP contribution >= 0.6 is 0 Å². The molecule has 0 N–H and O–H groups in total. The molecular weight excluding hydrogens is 306 g/mol. The highest BCUT2D eigenvalue weighted by Gasteiger charge is 2.42. The Hall–Kier alpha value is -2.21. The normalized spacial score (nSPS) is 26.9. The van der Waals surface area contributed by atoms with Crippen molar-refractivity contribution in [2.45, 2.75) is 25.2 Å². The van der Waals surface area contributed by atoms with Gasteiger partial charge in [-0.25, -0.2) is 0 Å². The molecule has 0 radical (unpaired) electrons. The Morgan fingerprint density at radius 3 is 2.67 bits per heavy atom. The van der Waals surface area contributed by atoms with E-state index in [1.54, 1.807) is 0 Å². The van der Waals surface area contributed by atoms with Gasteiger partial charge in [-0.3, -0.25) is 4.79 Å². The SMILES string of the molecule is Cc1noc([C@@H]2CN(C(=O)[C@H]3CCOC3)C[C@@H]2c2ccccc2)n1. The van der Waals surface area contributed by atoms with Crippen molar-refractivity contribution in [2.24, 2.45) is 5.92 Å². The van der Waals surface area contributed by atoms with Gasteiger partial charge in [0.1, 0.15) is 0 Å². The molecule has 0 spiro atoms. The highest BCUT2D eigenvalue weighted by atomic mass is 16.5. The molecule has 3 atom stereocenters. The fraction of sp³-hybridized carbons (Fsp3) is 0.500. The highest BCUT2D eigenvalue weighted by Crippen LogP contribution is 2.39. The third-order valence-corrected chi connectivity index (χ3v) is 5.00. The van der Waals surface area contributed by atoms with Gasteiger partial charge in [0.2, 0.25) is 11.8 Å². The molecule has 0 bridgehead atoms. The standard InChI is InChI=1S/C18H21N3O3/c1-12-19-17(24-20-12)16-10-21(18(22)14-7-8-23-11-14)9-15(16)13-5-3-2-4-6-13/h2-6,14-16H,7-11H2,1H3/t14-,15+,16+/m0/s1. The number of amides is 1. The summed E-state index contributed by atoms with van der Waals surface area (Å²) in [6.45, 7) is 4.34. The second kappa shape index (κ2) is 6.36. The second-order valence-electron chi connectivity index (χ2n) is 6.61. The predicted molar refractivity (Wildman–Crippen MR) is 86.5 cm³/mol. The lowest BCUT2D eigenvalue weighted by molar-refractivity contribution is -0.134. The molecule has 0 aliphatic carbocycles. The van der Waals surface area contributed by atoms with Gasteiger partial charge in [-0.1, -0.05) is 35.5 Å². The molecular formula is C18H21N3O3. The van der Waals surface area contributed by atoms with Crippen LogP contribution in [0, 0.1) is 12.8 Å². The van der Waals surface area contributed by atoms with Crippen molar-refractivity contribution >= 4 is 5.91 Å². The Balaban J connectivity index is 1.61. The van der Waals surface area contributed by atoms with Crippen LogP contribution in [0.2, 0.25) is 0 Å². The first-order valence-electron chi connectivity index (χ1n) is 8.44. The summed E-state index contributed by atoms with van der Waals surface area (Å²) in [6.07, 6.45) is 0.815. The molecule has 3 heterocycles. The molecule has 1 aromatic carbocycles. The Labute approximate surface area is 140 Å². The lowest BCUT2D eigenvalue weighted by Gasteiger charge is -2.19. The van der Waals surface area contributed by atoms with E-state index in [1.165, 1.54) is 5.56 Å². The fourth-order valence-electron chi connectivity index (χ4n) is 3.72. The third-order valence-electron chi connectivity index (χ3n) is 5.00. The fourth-order valence-corrected chi connectivity index (χ4v) is 3.72. The van der Waals surface area contributed by atoms with Crippen LogP contribution in [0.4, 0.5) is 0 Å². The van der Waals surface area contributed by atoms with E-state index in [0.717, 1.165) is 6.42 Å². The predicted octanol–water partition coefficient (Wildman–Crippen LogP) is 2.12. The maximum atomic E-state index is 12.8. The van der Waals surface area contributed by atoms with E-state index in [2.05, 4.69) is 22.3 Å². The third kappa shape index (κ3) is 2.82. The first-order valence-corrected chi connectivity index (χ1v) is 8.44. The maximum Gasteiger partial charge on any atom is 0.232 e. The van der Waals surface area contributed by atoms with Gasteiger partial charge in [-0.05, 0) is 18.9 Å². The number of ether oxygens (including phenoxy) is 1. The zero-order chi connectivity index (χ0) is 16.5. The monoisotopic (exact) mass is 327 g/mol. The minimum atomic E-state index is -0.00963. The largest absolute Gasteiger partial charge is 0.381 e. The van der Waals surface area contributed by atoms with Gasteiger partial charge < -0.3 is 14.2 Å². The molecule has 2 aliphatic rings. The number of aryl methyl sites for hydroxylation is 1. The van der Waals surface area contributed by atoms with Crippen LogP contribution in [0.5, 0.6) is 0 Å². The van der Waals surface area contributed by atoms with Gasteiger partial charge in [-0.15, -0.1) is 0 Å². The van der Waals surface area contributed by atoms with E-state index < -0.39 is 0 Å². The Morgan fingerprint density at radius 2 is 2.00 bits per heavy atom. The Morgan fingerprint density at radius 1 is 1.21 bits per heavy atom. The number of likely N-dealkylation sites (tertiary alicyclic amines) is 1. The molecule has 0 saturated carbocycles. The lowest BCUT2D eigenvalue weighted by Crippen LogP contribution is -2.34. The van der Waals surface area contributed by atoms with Crippen LogP contribution in [-0.2, 0) is 9.53 Å². The van der Waals surface area contributed by atoms with E-state index in [9.17, 15) is 4.79 Å². The highest BCUT2D eigenvalue weighted by molar-refractivity contribution is 5.79. The van der Waals surface area contributed by atoms with Crippen molar-refractivity contribution in [3.63, 3.8) is 0 Å². The first kappa shape index (κ1) is 15.3. The molecule has 2 aromatic rings. The van der Waals surface area contributed by atoms with E-state index in [4.69, 9.17) is 9.26 Å². The van der Waals surface area contributed by atoms with Crippen molar-refractivity contribution < 1.29 is 14.1 Å². The molecule has 4 rings (SSSR count). The van der Waals surface area contributed by atoms with Gasteiger partial charge in [0.15, 0.2) is 5.82 Å². The summed E-state index contributed by atoms with van der Waals surface area (Å²) in [5.74, 6) is 1.65. The zero-order valence-corrected chi connectivity index (χ0v) is 13.7. The molecule has 0 unspecified atom stereocenters. The maximum absolute atomic E-state index is 12.8. The van der Waals surface area contributed by atoms with Crippen molar-refractivity contribution in [3.05, 3.63) is 47.6 Å². The minimum absolute atomic E-state index is 0.00963. The average molecular weight is 327 g/mol. The summed E-state index contributed by atoms with van der Waals surface area (Å²) in [4.78, 5) is 19.2. The first-order chi connectivity index (χ1) is 11.7. The Bertz CT molecular complexity index is 709. The summed E-state index contributed by atoms with van der Waals surface area (Å²) in [5.41, 5.74) is 1.20. The van der Waals surface area contributed by atoms with Crippen LogP contribution in [0.15, 0.2) is 34.9 Å². The van der Waals surface area contributed by atoms with E-state index in [1.807, 2.05) is 30.0 Å².